The summed E-state index contributed by atoms with van der Waals surface area (Å²) >= 11 is 0. The molecule has 4 rings (SSSR count). The van der Waals surface area contributed by atoms with Crippen LogP contribution in [0.15, 0.2) is 66.7 Å². The lowest BCUT2D eigenvalue weighted by atomic mass is 9.78. The summed E-state index contributed by atoms with van der Waals surface area (Å²) in [5.41, 5.74) is 4.89. The third-order valence-electron chi connectivity index (χ3n) is 7.41. The van der Waals surface area contributed by atoms with Gasteiger partial charge in [0.05, 0.1) is 0 Å². The topological polar surface area (TPSA) is 0 Å². The summed E-state index contributed by atoms with van der Waals surface area (Å²) in [5.74, 6) is 1.43. The molecule has 0 saturated heterocycles. The van der Waals surface area contributed by atoms with Crippen molar-refractivity contribution in [3.05, 3.63) is 94.8 Å². The molecule has 0 spiro atoms. The molecule has 0 aromatic heterocycles. The second-order valence-corrected chi connectivity index (χ2v) is 9.91. The molecular weight excluding hydrogens is 403 g/mol. The Balaban J connectivity index is 1.34. The molecule has 0 nitrogen and oxygen atoms in total. The molecule has 0 N–H and O–H groups in total. The molecule has 0 radical (unpaired) electrons. The van der Waals surface area contributed by atoms with Crippen LogP contribution in [-0.4, -0.2) is 0 Å². The molecule has 1 heteroatoms. The molecule has 0 unspecified atom stereocenters. The van der Waals surface area contributed by atoms with Crippen molar-refractivity contribution in [2.75, 3.05) is 0 Å². The highest BCUT2D eigenvalue weighted by Gasteiger charge is 2.20. The molecule has 1 aliphatic rings. The van der Waals surface area contributed by atoms with Crippen LogP contribution in [0.5, 0.6) is 0 Å². The maximum atomic E-state index is 15.1. The van der Waals surface area contributed by atoms with Gasteiger partial charge in [0.15, 0.2) is 0 Å². The summed E-state index contributed by atoms with van der Waals surface area (Å²) < 4.78 is 15.1. The highest BCUT2D eigenvalue weighted by Crippen LogP contribution is 2.36. The van der Waals surface area contributed by atoms with Crippen molar-refractivity contribution in [1.29, 1.82) is 0 Å². The molecule has 1 aliphatic carbocycles. The lowest BCUT2D eigenvalue weighted by Crippen LogP contribution is -2.11. The SMILES string of the molecule is CCC/C=C/C1CCC(c2ccc(CCc3ccc4cc(CCC)ccc4c3F)cc2)CC1. The zero-order valence-electron chi connectivity index (χ0n) is 20.5. The van der Waals surface area contributed by atoms with Gasteiger partial charge < -0.3 is 0 Å². The van der Waals surface area contributed by atoms with Crippen molar-refractivity contribution in [3.8, 4) is 0 Å². The van der Waals surface area contributed by atoms with Gasteiger partial charge in [0.1, 0.15) is 5.82 Å². The monoisotopic (exact) mass is 442 g/mol. The predicted octanol–water partition coefficient (Wildman–Crippen LogP) is 9.35. The maximum Gasteiger partial charge on any atom is 0.134 e. The van der Waals surface area contributed by atoms with Crippen molar-refractivity contribution in [3.63, 3.8) is 0 Å². The Hall–Kier alpha value is -2.41. The highest BCUT2D eigenvalue weighted by molar-refractivity contribution is 5.84. The summed E-state index contributed by atoms with van der Waals surface area (Å²) in [4.78, 5) is 0. The Kier molecular flexibility index (Phi) is 8.37. The Labute approximate surface area is 199 Å². The minimum absolute atomic E-state index is 0.0445. The molecule has 1 saturated carbocycles. The van der Waals surface area contributed by atoms with Crippen LogP contribution < -0.4 is 0 Å². The smallest absolute Gasteiger partial charge is 0.134 e. The number of fused-ring (bicyclic) bond motifs is 1. The highest BCUT2D eigenvalue weighted by atomic mass is 19.1. The first kappa shape index (κ1) is 23.7. The van der Waals surface area contributed by atoms with Crippen molar-refractivity contribution < 1.29 is 4.39 Å². The van der Waals surface area contributed by atoms with Crippen LogP contribution in [-0.2, 0) is 19.3 Å². The Bertz CT molecular complexity index is 1050. The number of benzene rings is 3. The number of aryl methyl sites for hydroxylation is 3. The minimum Gasteiger partial charge on any atom is -0.206 e. The zero-order valence-corrected chi connectivity index (χ0v) is 20.5. The first-order chi connectivity index (χ1) is 16.2. The average molecular weight is 443 g/mol. The van der Waals surface area contributed by atoms with Crippen LogP contribution in [0.4, 0.5) is 4.39 Å². The number of unbranched alkanes of at least 4 members (excludes halogenated alkanes) is 1. The summed E-state index contributed by atoms with van der Waals surface area (Å²) in [6.45, 7) is 4.42. The van der Waals surface area contributed by atoms with Crippen molar-refractivity contribution in [1.82, 2.24) is 0 Å². The molecule has 3 aromatic carbocycles. The van der Waals surface area contributed by atoms with Gasteiger partial charge in [-0.15, -0.1) is 0 Å². The minimum atomic E-state index is -0.0445. The van der Waals surface area contributed by atoms with Crippen molar-refractivity contribution in [2.45, 2.75) is 84.0 Å². The lowest BCUT2D eigenvalue weighted by Gasteiger charge is -2.27. The predicted molar refractivity (Wildman–Crippen MR) is 140 cm³/mol. The second-order valence-electron chi connectivity index (χ2n) is 9.91. The van der Waals surface area contributed by atoms with E-state index < -0.39 is 0 Å². The van der Waals surface area contributed by atoms with E-state index in [1.807, 2.05) is 12.1 Å². The quantitative estimate of drug-likeness (QED) is 0.290. The van der Waals surface area contributed by atoms with E-state index in [1.54, 1.807) is 0 Å². The van der Waals surface area contributed by atoms with E-state index in [-0.39, 0.29) is 5.82 Å². The molecule has 3 aromatic rings. The van der Waals surface area contributed by atoms with Gasteiger partial charge in [-0.25, -0.2) is 4.39 Å². The summed E-state index contributed by atoms with van der Waals surface area (Å²) in [7, 11) is 0. The Morgan fingerprint density at radius 1 is 0.788 bits per heavy atom. The summed E-state index contributed by atoms with van der Waals surface area (Å²) in [5, 5.41) is 1.77. The van der Waals surface area contributed by atoms with E-state index in [1.165, 1.54) is 55.2 Å². The van der Waals surface area contributed by atoms with Crippen LogP contribution >= 0.6 is 0 Å². The van der Waals surface area contributed by atoms with Crippen molar-refractivity contribution >= 4 is 10.8 Å². The van der Waals surface area contributed by atoms with Crippen LogP contribution in [0.1, 0.15) is 87.0 Å². The zero-order chi connectivity index (χ0) is 23.0. The molecule has 0 heterocycles. The van der Waals surface area contributed by atoms with Gasteiger partial charge in [-0.1, -0.05) is 93.4 Å². The standard InChI is InChI=1S/C32H39F/c1-3-5-6-8-24-9-15-27(16-10-24)28-17-11-25(12-18-28)13-19-29-20-21-30-23-26(7-4-2)14-22-31(30)32(29)33/h6,8,11-12,14,17-18,20-24,27H,3-5,7,9-10,13,15-16,19H2,1-2H3/b8-6+. The second kappa shape index (κ2) is 11.6. The van der Waals surface area contributed by atoms with Gasteiger partial charge in [0, 0.05) is 5.39 Å². The van der Waals surface area contributed by atoms with Crippen LogP contribution in [0.2, 0.25) is 0 Å². The fourth-order valence-electron chi connectivity index (χ4n) is 5.36. The third-order valence-corrected chi connectivity index (χ3v) is 7.41. The Morgan fingerprint density at radius 3 is 2.27 bits per heavy atom. The summed E-state index contributed by atoms with van der Waals surface area (Å²) in [6, 6.07) is 19.4. The van der Waals surface area contributed by atoms with E-state index in [0.29, 0.717) is 5.92 Å². The van der Waals surface area contributed by atoms with Crippen LogP contribution in [0.3, 0.4) is 0 Å². The largest absolute Gasteiger partial charge is 0.206 e. The average Bonchev–Trinajstić information content (AvgIpc) is 2.85. The van der Waals surface area contributed by atoms with Gasteiger partial charge >= 0.3 is 0 Å². The Morgan fingerprint density at radius 2 is 1.55 bits per heavy atom. The lowest BCUT2D eigenvalue weighted by molar-refractivity contribution is 0.375. The van der Waals surface area contributed by atoms with Gasteiger partial charge in [-0.2, -0.15) is 0 Å². The molecule has 174 valence electrons. The molecule has 33 heavy (non-hydrogen) atoms. The van der Waals surface area contributed by atoms with E-state index in [9.17, 15) is 0 Å². The summed E-state index contributed by atoms with van der Waals surface area (Å²) in [6.07, 6.45) is 16.3. The first-order valence-corrected chi connectivity index (χ1v) is 13.1. The van der Waals surface area contributed by atoms with E-state index in [2.05, 4.69) is 68.5 Å². The third kappa shape index (κ3) is 6.14. The van der Waals surface area contributed by atoms with E-state index >= 15 is 4.39 Å². The number of halogens is 1. The van der Waals surface area contributed by atoms with Gasteiger partial charge in [-0.3, -0.25) is 0 Å². The van der Waals surface area contributed by atoms with E-state index in [0.717, 1.165) is 47.9 Å². The van der Waals surface area contributed by atoms with Gasteiger partial charge in [-0.05, 0) is 90.8 Å². The number of rotatable bonds is 9. The van der Waals surface area contributed by atoms with Gasteiger partial charge in [0.25, 0.3) is 0 Å². The number of hydrogen-bond acceptors (Lipinski definition) is 0. The fraction of sp³-hybridized carbons (Fsp3) is 0.438. The molecular formula is C32H39F. The number of hydrogen-bond donors (Lipinski definition) is 0. The normalized spacial score (nSPS) is 18.9. The van der Waals surface area contributed by atoms with Gasteiger partial charge in [0.2, 0.25) is 0 Å². The molecule has 0 aliphatic heterocycles. The number of allylic oxidation sites excluding steroid dienone is 2. The molecule has 0 amide bonds. The molecule has 0 atom stereocenters. The molecule has 0 bridgehead atoms. The van der Waals surface area contributed by atoms with Crippen LogP contribution in [0.25, 0.3) is 10.8 Å². The molecule has 1 fully saturated rings. The fourth-order valence-corrected chi connectivity index (χ4v) is 5.36. The van der Waals surface area contributed by atoms with Crippen molar-refractivity contribution in [2.24, 2.45) is 5.92 Å². The maximum absolute atomic E-state index is 15.1. The van der Waals surface area contributed by atoms with Crippen LogP contribution in [0, 0.1) is 11.7 Å². The first-order valence-electron chi connectivity index (χ1n) is 13.1. The van der Waals surface area contributed by atoms with E-state index in [4.69, 9.17) is 0 Å².